The van der Waals surface area contributed by atoms with E-state index in [0.29, 0.717) is 36.8 Å². The largest absolute Gasteiger partial charge is 0.501 e. The minimum absolute atomic E-state index is 0.159. The average Bonchev–Trinajstić information content (AvgIpc) is 2.56. The Morgan fingerprint density at radius 1 is 1.25 bits per heavy atom. The van der Waals surface area contributed by atoms with E-state index in [1.807, 2.05) is 27.8 Å². The van der Waals surface area contributed by atoms with Crippen molar-refractivity contribution < 1.29 is 17.9 Å². The van der Waals surface area contributed by atoms with E-state index in [2.05, 4.69) is 4.90 Å². The van der Waals surface area contributed by atoms with Gasteiger partial charge in [0.1, 0.15) is 0 Å². The second kappa shape index (κ2) is 9.56. The molecule has 0 aromatic rings. The quantitative estimate of drug-likeness (QED) is 0.491. The summed E-state index contributed by atoms with van der Waals surface area (Å²) in [6.45, 7) is 10.3. The molecular weight excluding hydrogens is 328 g/mol. The van der Waals surface area contributed by atoms with Crippen molar-refractivity contribution in [2.75, 3.05) is 47.0 Å². The topological polar surface area (TPSA) is 59.1 Å². The molecule has 1 aliphatic heterocycles. The maximum atomic E-state index is 13.1. The number of likely N-dealkylation sites (N-methyl/N-ethyl adjacent to an activating group) is 1. The smallest absolute Gasteiger partial charge is 0.239 e. The standard InChI is InChI=1S/C17H32N2O4S/c1-7-17(22-6)11-14(3)15(4)24(20,21)19-10-9-18(5)12-16(19)13-23-8-2/h11,16H,7-10,12-13H2,1-6H3/b15-14+,17-11+. The summed E-state index contributed by atoms with van der Waals surface area (Å²) in [4.78, 5) is 2.51. The third-order valence-electron chi connectivity index (χ3n) is 4.39. The van der Waals surface area contributed by atoms with Crippen LogP contribution in [-0.4, -0.2) is 70.7 Å². The molecule has 0 spiro atoms. The summed E-state index contributed by atoms with van der Waals surface area (Å²) < 4.78 is 38.5. The molecule has 1 heterocycles. The molecule has 0 saturated carbocycles. The molecule has 0 aromatic heterocycles. The molecule has 0 radical (unpaired) electrons. The van der Waals surface area contributed by atoms with E-state index >= 15 is 0 Å². The zero-order chi connectivity index (χ0) is 18.3. The molecule has 140 valence electrons. The van der Waals surface area contributed by atoms with Crippen molar-refractivity contribution in [2.45, 2.75) is 40.2 Å². The normalized spacial score (nSPS) is 22.4. The highest BCUT2D eigenvalue weighted by molar-refractivity contribution is 7.93. The van der Waals surface area contributed by atoms with Gasteiger partial charge in [0.15, 0.2) is 0 Å². The Morgan fingerprint density at radius 3 is 2.46 bits per heavy atom. The molecule has 7 heteroatoms. The maximum Gasteiger partial charge on any atom is 0.239 e. The van der Waals surface area contributed by atoms with Gasteiger partial charge in [-0.05, 0) is 39.5 Å². The summed E-state index contributed by atoms with van der Waals surface area (Å²) in [5.74, 6) is 0.770. The van der Waals surface area contributed by atoms with Gasteiger partial charge in [-0.1, -0.05) is 6.92 Å². The Bertz CT molecular complexity index is 563. The lowest BCUT2D eigenvalue weighted by atomic mass is 10.2. The van der Waals surface area contributed by atoms with Crippen LogP contribution in [0.3, 0.4) is 0 Å². The molecular formula is C17H32N2O4S. The highest BCUT2D eigenvalue weighted by Gasteiger charge is 2.35. The van der Waals surface area contributed by atoms with Gasteiger partial charge in [-0.2, -0.15) is 4.31 Å². The number of piperazine rings is 1. The van der Waals surface area contributed by atoms with E-state index in [-0.39, 0.29) is 6.04 Å². The summed E-state index contributed by atoms with van der Waals surface area (Å²) in [6.07, 6.45) is 2.53. The molecule has 0 N–H and O–H groups in total. The number of nitrogens with zero attached hydrogens (tertiary/aromatic N) is 2. The number of methoxy groups -OCH3 is 1. The molecule has 1 fully saturated rings. The zero-order valence-electron chi connectivity index (χ0n) is 15.8. The molecule has 1 rings (SSSR count). The molecule has 0 aliphatic carbocycles. The molecule has 6 nitrogen and oxygen atoms in total. The molecule has 1 unspecified atom stereocenters. The Kier molecular flexibility index (Phi) is 8.42. The van der Waals surface area contributed by atoms with Gasteiger partial charge >= 0.3 is 0 Å². The van der Waals surface area contributed by atoms with E-state index in [1.54, 1.807) is 24.4 Å². The molecule has 0 aromatic carbocycles. The Morgan fingerprint density at radius 2 is 1.92 bits per heavy atom. The highest BCUT2D eigenvalue weighted by Crippen LogP contribution is 2.23. The number of ether oxygens (including phenoxy) is 2. The van der Waals surface area contributed by atoms with Crippen LogP contribution in [-0.2, 0) is 19.5 Å². The van der Waals surface area contributed by atoms with Gasteiger partial charge in [-0.3, -0.25) is 0 Å². The number of hydrogen-bond donors (Lipinski definition) is 0. The van der Waals surface area contributed by atoms with E-state index in [9.17, 15) is 8.42 Å². The second-order valence-corrected chi connectivity index (χ2v) is 8.13. The van der Waals surface area contributed by atoms with Crippen LogP contribution in [0.5, 0.6) is 0 Å². The summed E-state index contributed by atoms with van der Waals surface area (Å²) in [6, 6.07) is -0.159. The van der Waals surface area contributed by atoms with Gasteiger partial charge in [0.05, 0.1) is 30.4 Å². The van der Waals surface area contributed by atoms with E-state index in [1.165, 1.54) is 0 Å². The predicted octanol–water partition coefficient (Wildman–Crippen LogP) is 2.20. The fourth-order valence-electron chi connectivity index (χ4n) is 2.73. The predicted molar refractivity (Wildman–Crippen MR) is 97.2 cm³/mol. The van der Waals surface area contributed by atoms with Gasteiger partial charge < -0.3 is 14.4 Å². The number of hydrogen-bond acceptors (Lipinski definition) is 5. The van der Waals surface area contributed by atoms with Crippen molar-refractivity contribution in [3.63, 3.8) is 0 Å². The van der Waals surface area contributed by atoms with Crippen molar-refractivity contribution in [1.82, 2.24) is 9.21 Å². The molecule has 24 heavy (non-hydrogen) atoms. The van der Waals surface area contributed by atoms with Gasteiger partial charge in [-0.15, -0.1) is 0 Å². The summed E-state index contributed by atoms with van der Waals surface area (Å²) in [7, 11) is 0.0877. The van der Waals surface area contributed by atoms with Gasteiger partial charge in [0.2, 0.25) is 10.0 Å². The number of allylic oxidation sites excluding steroid dienone is 4. The monoisotopic (exact) mass is 360 g/mol. The molecule has 0 amide bonds. The van der Waals surface area contributed by atoms with Crippen LogP contribution in [0.1, 0.15) is 34.1 Å². The van der Waals surface area contributed by atoms with Crippen LogP contribution in [0.15, 0.2) is 22.3 Å². The Hall–Kier alpha value is -0.890. The van der Waals surface area contributed by atoms with Crippen LogP contribution >= 0.6 is 0 Å². The molecule has 1 aliphatic rings. The lowest BCUT2D eigenvalue weighted by Crippen LogP contribution is -2.55. The van der Waals surface area contributed by atoms with E-state index in [0.717, 1.165) is 18.7 Å². The first-order valence-corrected chi connectivity index (χ1v) is 9.92. The highest BCUT2D eigenvalue weighted by atomic mass is 32.2. The summed E-state index contributed by atoms with van der Waals surface area (Å²) in [5.41, 5.74) is 0.711. The van der Waals surface area contributed by atoms with E-state index < -0.39 is 10.0 Å². The summed E-state index contributed by atoms with van der Waals surface area (Å²) >= 11 is 0. The fraction of sp³-hybridized carbons (Fsp3) is 0.765. The first-order chi connectivity index (χ1) is 11.3. The van der Waals surface area contributed by atoms with Crippen molar-refractivity contribution in [3.05, 3.63) is 22.3 Å². The van der Waals surface area contributed by atoms with Crippen molar-refractivity contribution >= 4 is 10.0 Å². The zero-order valence-corrected chi connectivity index (χ0v) is 16.6. The lowest BCUT2D eigenvalue weighted by molar-refractivity contribution is 0.0599. The average molecular weight is 361 g/mol. The second-order valence-electron chi connectivity index (χ2n) is 6.10. The molecule has 0 bridgehead atoms. The van der Waals surface area contributed by atoms with Crippen LogP contribution in [0.4, 0.5) is 0 Å². The SMILES string of the molecule is CCOCC1CN(C)CCN1S(=O)(=O)/C(C)=C(C)/C=C(\CC)OC. The lowest BCUT2D eigenvalue weighted by Gasteiger charge is -2.39. The van der Waals surface area contributed by atoms with Crippen LogP contribution in [0, 0.1) is 0 Å². The Labute approximate surface area is 147 Å². The first-order valence-electron chi connectivity index (χ1n) is 8.48. The van der Waals surface area contributed by atoms with Gasteiger partial charge in [0, 0.05) is 32.7 Å². The van der Waals surface area contributed by atoms with Crippen LogP contribution < -0.4 is 0 Å². The fourth-order valence-corrected chi connectivity index (χ4v) is 4.39. The third kappa shape index (κ3) is 5.31. The van der Waals surface area contributed by atoms with Crippen LogP contribution in [0.25, 0.3) is 0 Å². The minimum atomic E-state index is -3.52. The molecule has 1 saturated heterocycles. The third-order valence-corrected chi connectivity index (χ3v) is 6.58. The van der Waals surface area contributed by atoms with Crippen LogP contribution in [0.2, 0.25) is 0 Å². The number of rotatable bonds is 8. The summed E-state index contributed by atoms with van der Waals surface area (Å²) in [5, 5.41) is 0. The van der Waals surface area contributed by atoms with Crippen molar-refractivity contribution in [2.24, 2.45) is 0 Å². The van der Waals surface area contributed by atoms with Gasteiger partial charge in [0.25, 0.3) is 0 Å². The number of sulfonamides is 1. The first kappa shape index (κ1) is 21.2. The maximum absolute atomic E-state index is 13.1. The van der Waals surface area contributed by atoms with Crippen molar-refractivity contribution in [1.29, 1.82) is 0 Å². The van der Waals surface area contributed by atoms with Gasteiger partial charge in [-0.25, -0.2) is 8.42 Å². The minimum Gasteiger partial charge on any atom is -0.501 e. The molecule has 1 atom stereocenters. The Balaban J connectivity index is 3.12. The van der Waals surface area contributed by atoms with E-state index in [4.69, 9.17) is 9.47 Å². The van der Waals surface area contributed by atoms with Crippen molar-refractivity contribution in [3.8, 4) is 0 Å².